The first-order valence-corrected chi connectivity index (χ1v) is 5.80. The molecule has 0 aromatic rings. The van der Waals surface area contributed by atoms with Gasteiger partial charge in [0.1, 0.15) is 0 Å². The van der Waals surface area contributed by atoms with E-state index in [1.54, 1.807) is 11.8 Å². The molecule has 0 aromatic carbocycles. The summed E-state index contributed by atoms with van der Waals surface area (Å²) in [6.07, 6.45) is 3.07. The molecule has 2 nitrogen and oxygen atoms in total. The van der Waals surface area contributed by atoms with Crippen LogP contribution in [0.4, 0.5) is 0 Å². The van der Waals surface area contributed by atoms with Gasteiger partial charge in [0.2, 0.25) is 5.91 Å². The summed E-state index contributed by atoms with van der Waals surface area (Å²) in [5, 5.41) is 3.01. The predicted molar refractivity (Wildman–Crippen MR) is 55.4 cm³/mol. The van der Waals surface area contributed by atoms with Crippen LogP contribution in [0, 0.1) is 5.92 Å². The second kappa shape index (κ2) is 6.35. The number of carbonyl (C=O) groups is 1. The lowest BCUT2D eigenvalue weighted by atomic mass is 10.2. The molecule has 0 saturated carbocycles. The molecule has 0 aliphatic heterocycles. The van der Waals surface area contributed by atoms with Crippen molar-refractivity contribution in [3.05, 3.63) is 0 Å². The quantitative estimate of drug-likeness (QED) is 0.715. The van der Waals surface area contributed by atoms with Gasteiger partial charge in [-0.1, -0.05) is 20.8 Å². The highest BCUT2D eigenvalue weighted by atomic mass is 32.2. The van der Waals surface area contributed by atoms with Crippen LogP contribution in [-0.2, 0) is 4.79 Å². The zero-order valence-electron chi connectivity index (χ0n) is 8.39. The fourth-order valence-corrected chi connectivity index (χ4v) is 1.55. The summed E-state index contributed by atoms with van der Waals surface area (Å²) in [6.45, 7) is 5.93. The van der Waals surface area contributed by atoms with E-state index in [-0.39, 0.29) is 11.8 Å². The average Bonchev–Trinajstić information content (AvgIpc) is 2.03. The summed E-state index contributed by atoms with van der Waals surface area (Å²) in [5.74, 6) is 1.27. The Morgan fingerprint density at radius 3 is 2.42 bits per heavy atom. The summed E-state index contributed by atoms with van der Waals surface area (Å²) < 4.78 is 0. The van der Waals surface area contributed by atoms with Crippen LogP contribution in [0.25, 0.3) is 0 Å². The molecular formula is C9H19NOS. The predicted octanol–water partition coefficient (Wildman–Crippen LogP) is 1.90. The standard InChI is InChI=1S/C9H19NOS/c1-5-8(6-12-4)10-9(11)7(2)3/h7-8H,5-6H2,1-4H3,(H,10,11). The van der Waals surface area contributed by atoms with Crippen molar-refractivity contribution in [2.24, 2.45) is 5.92 Å². The first kappa shape index (κ1) is 11.8. The SMILES string of the molecule is CCC(CSC)NC(=O)C(C)C. The van der Waals surface area contributed by atoms with Crippen molar-refractivity contribution in [1.82, 2.24) is 5.32 Å². The third-order valence-corrected chi connectivity index (χ3v) is 2.47. The fraction of sp³-hybridized carbons (Fsp3) is 0.889. The fourth-order valence-electron chi connectivity index (χ4n) is 0.831. The third-order valence-electron chi connectivity index (χ3n) is 1.73. The molecule has 12 heavy (non-hydrogen) atoms. The van der Waals surface area contributed by atoms with Crippen molar-refractivity contribution in [1.29, 1.82) is 0 Å². The van der Waals surface area contributed by atoms with Crippen LogP contribution in [0.1, 0.15) is 27.2 Å². The molecule has 0 fully saturated rings. The molecule has 0 heterocycles. The molecule has 1 unspecified atom stereocenters. The first-order chi connectivity index (χ1) is 5.61. The molecule has 1 atom stereocenters. The van der Waals surface area contributed by atoms with Gasteiger partial charge in [0.25, 0.3) is 0 Å². The number of nitrogens with one attached hydrogen (secondary N) is 1. The van der Waals surface area contributed by atoms with Crippen molar-refractivity contribution in [2.75, 3.05) is 12.0 Å². The number of carbonyl (C=O) groups excluding carboxylic acids is 1. The lowest BCUT2D eigenvalue weighted by Gasteiger charge is -2.16. The number of thioether (sulfide) groups is 1. The molecule has 72 valence electrons. The maximum absolute atomic E-state index is 11.3. The van der Waals surface area contributed by atoms with Crippen molar-refractivity contribution in [2.45, 2.75) is 33.2 Å². The molecule has 0 aliphatic rings. The Morgan fingerprint density at radius 1 is 1.50 bits per heavy atom. The van der Waals surface area contributed by atoms with Gasteiger partial charge in [0, 0.05) is 17.7 Å². The Kier molecular flexibility index (Phi) is 6.25. The maximum atomic E-state index is 11.3. The molecule has 0 aliphatic carbocycles. The number of hydrogen-bond donors (Lipinski definition) is 1. The zero-order valence-corrected chi connectivity index (χ0v) is 9.20. The third kappa shape index (κ3) is 4.65. The number of hydrogen-bond acceptors (Lipinski definition) is 2. The summed E-state index contributed by atoms with van der Waals surface area (Å²) in [7, 11) is 0. The van der Waals surface area contributed by atoms with Gasteiger partial charge in [-0.15, -0.1) is 0 Å². The topological polar surface area (TPSA) is 29.1 Å². The Balaban J connectivity index is 3.77. The van der Waals surface area contributed by atoms with Crippen LogP contribution in [0.3, 0.4) is 0 Å². The van der Waals surface area contributed by atoms with Gasteiger partial charge < -0.3 is 5.32 Å². The molecule has 0 saturated heterocycles. The van der Waals surface area contributed by atoms with E-state index < -0.39 is 0 Å². The largest absolute Gasteiger partial charge is 0.352 e. The molecule has 3 heteroatoms. The van der Waals surface area contributed by atoms with Crippen molar-refractivity contribution in [3.63, 3.8) is 0 Å². The van der Waals surface area contributed by atoms with E-state index in [0.29, 0.717) is 6.04 Å². The second-order valence-corrected chi connectivity index (χ2v) is 4.13. The first-order valence-electron chi connectivity index (χ1n) is 4.41. The lowest BCUT2D eigenvalue weighted by Crippen LogP contribution is -2.38. The summed E-state index contributed by atoms with van der Waals surface area (Å²) >= 11 is 1.77. The molecule has 0 radical (unpaired) electrons. The zero-order chi connectivity index (χ0) is 9.56. The summed E-state index contributed by atoms with van der Waals surface area (Å²) in [4.78, 5) is 11.3. The van der Waals surface area contributed by atoms with Gasteiger partial charge in [-0.2, -0.15) is 11.8 Å². The van der Waals surface area contributed by atoms with Crippen LogP contribution in [0.15, 0.2) is 0 Å². The molecule has 1 amide bonds. The molecule has 0 spiro atoms. The Bertz CT molecular complexity index is 136. The van der Waals surface area contributed by atoms with Gasteiger partial charge in [0.05, 0.1) is 0 Å². The number of amides is 1. The normalized spacial score (nSPS) is 13.1. The second-order valence-electron chi connectivity index (χ2n) is 3.22. The Hall–Kier alpha value is -0.180. The minimum Gasteiger partial charge on any atom is -0.352 e. The van der Waals surface area contributed by atoms with E-state index in [1.165, 1.54) is 0 Å². The van der Waals surface area contributed by atoms with Gasteiger partial charge >= 0.3 is 0 Å². The molecule has 0 aromatic heterocycles. The maximum Gasteiger partial charge on any atom is 0.222 e. The van der Waals surface area contributed by atoms with E-state index >= 15 is 0 Å². The lowest BCUT2D eigenvalue weighted by molar-refractivity contribution is -0.124. The van der Waals surface area contributed by atoms with E-state index in [2.05, 4.69) is 18.5 Å². The van der Waals surface area contributed by atoms with Gasteiger partial charge in [-0.25, -0.2) is 0 Å². The van der Waals surface area contributed by atoms with E-state index in [4.69, 9.17) is 0 Å². The Morgan fingerprint density at radius 2 is 2.08 bits per heavy atom. The van der Waals surface area contributed by atoms with E-state index in [0.717, 1.165) is 12.2 Å². The van der Waals surface area contributed by atoms with Crippen LogP contribution in [0.2, 0.25) is 0 Å². The van der Waals surface area contributed by atoms with Crippen LogP contribution in [0.5, 0.6) is 0 Å². The van der Waals surface area contributed by atoms with Crippen LogP contribution in [-0.4, -0.2) is 24.0 Å². The highest BCUT2D eigenvalue weighted by Gasteiger charge is 2.11. The molecule has 1 N–H and O–H groups in total. The van der Waals surface area contributed by atoms with Gasteiger partial charge in [0.15, 0.2) is 0 Å². The minimum absolute atomic E-state index is 0.0981. The van der Waals surface area contributed by atoms with E-state index in [9.17, 15) is 4.79 Å². The molecule has 0 bridgehead atoms. The molecular weight excluding hydrogens is 170 g/mol. The highest BCUT2D eigenvalue weighted by molar-refractivity contribution is 7.98. The van der Waals surface area contributed by atoms with E-state index in [1.807, 2.05) is 13.8 Å². The van der Waals surface area contributed by atoms with Crippen molar-refractivity contribution < 1.29 is 4.79 Å². The molecule has 0 rings (SSSR count). The number of rotatable bonds is 5. The summed E-state index contributed by atoms with van der Waals surface area (Å²) in [5.41, 5.74) is 0. The van der Waals surface area contributed by atoms with Crippen molar-refractivity contribution >= 4 is 17.7 Å². The van der Waals surface area contributed by atoms with Crippen molar-refractivity contribution in [3.8, 4) is 0 Å². The highest BCUT2D eigenvalue weighted by Crippen LogP contribution is 2.02. The van der Waals surface area contributed by atoms with Gasteiger partial charge in [-0.3, -0.25) is 4.79 Å². The Labute approximate surface area is 79.5 Å². The minimum atomic E-state index is 0.0981. The summed E-state index contributed by atoms with van der Waals surface area (Å²) in [6, 6.07) is 0.342. The van der Waals surface area contributed by atoms with Crippen LogP contribution < -0.4 is 5.32 Å². The van der Waals surface area contributed by atoms with Crippen LogP contribution >= 0.6 is 11.8 Å². The average molecular weight is 189 g/mol. The monoisotopic (exact) mass is 189 g/mol. The van der Waals surface area contributed by atoms with Gasteiger partial charge in [-0.05, 0) is 12.7 Å². The smallest absolute Gasteiger partial charge is 0.222 e.